The van der Waals surface area contributed by atoms with Gasteiger partial charge in [0.1, 0.15) is 0 Å². The summed E-state index contributed by atoms with van der Waals surface area (Å²) < 4.78 is 4.32. The third kappa shape index (κ3) is 6.15. The van der Waals surface area contributed by atoms with E-state index < -0.39 is 12.3 Å². The summed E-state index contributed by atoms with van der Waals surface area (Å²) in [6.07, 6.45) is 1.10. The summed E-state index contributed by atoms with van der Waals surface area (Å²) in [6.45, 7) is 3.41. The van der Waals surface area contributed by atoms with Crippen molar-refractivity contribution in [2.24, 2.45) is 5.16 Å². The summed E-state index contributed by atoms with van der Waals surface area (Å²) in [4.78, 5) is 19.2. The standard InChI is InChI=1S/C8H13NO5/c1-6(2)9-13-8(14-11)5-4-7(10)12-3/h4-5,8,11H,1-3H3/b5-4-. The van der Waals surface area contributed by atoms with Gasteiger partial charge in [0.25, 0.3) is 6.29 Å². The van der Waals surface area contributed by atoms with E-state index in [1.165, 1.54) is 7.11 Å². The number of carbonyl (C=O) groups is 1. The molecular weight excluding hydrogens is 190 g/mol. The van der Waals surface area contributed by atoms with E-state index in [1.54, 1.807) is 13.8 Å². The van der Waals surface area contributed by atoms with Crippen LogP contribution < -0.4 is 0 Å². The van der Waals surface area contributed by atoms with Crippen molar-refractivity contribution >= 4 is 11.7 Å². The van der Waals surface area contributed by atoms with Crippen molar-refractivity contribution in [3.8, 4) is 0 Å². The zero-order chi connectivity index (χ0) is 11.0. The lowest BCUT2D eigenvalue weighted by Gasteiger charge is -2.05. The first kappa shape index (κ1) is 12.6. The third-order valence-corrected chi connectivity index (χ3v) is 1.03. The normalized spacial score (nSPS) is 12.3. The summed E-state index contributed by atoms with van der Waals surface area (Å²) in [5.41, 5.74) is 0.651. The number of ether oxygens (including phenoxy) is 1. The zero-order valence-electron chi connectivity index (χ0n) is 8.26. The van der Waals surface area contributed by atoms with Gasteiger partial charge in [-0.1, -0.05) is 5.16 Å². The minimum absolute atomic E-state index is 0.576. The smallest absolute Gasteiger partial charge is 0.330 e. The number of rotatable bonds is 5. The fourth-order valence-electron chi connectivity index (χ4n) is 0.472. The van der Waals surface area contributed by atoms with E-state index in [0.29, 0.717) is 5.71 Å². The van der Waals surface area contributed by atoms with Crippen LogP contribution in [0.3, 0.4) is 0 Å². The van der Waals surface area contributed by atoms with Crippen molar-refractivity contribution in [3.05, 3.63) is 12.2 Å². The maximum absolute atomic E-state index is 10.6. The molecule has 0 aromatic rings. The highest BCUT2D eigenvalue weighted by atomic mass is 17.1. The lowest BCUT2D eigenvalue weighted by molar-refractivity contribution is -0.329. The Bertz CT molecular complexity index is 232. The summed E-state index contributed by atoms with van der Waals surface area (Å²) in [6, 6.07) is 0. The Labute approximate surface area is 81.7 Å². The first-order chi connectivity index (χ1) is 6.60. The molecule has 0 aliphatic carbocycles. The first-order valence-electron chi connectivity index (χ1n) is 3.83. The highest BCUT2D eigenvalue weighted by molar-refractivity contribution is 5.81. The van der Waals surface area contributed by atoms with Gasteiger partial charge in [-0.2, -0.15) is 4.89 Å². The minimum Gasteiger partial charge on any atom is -0.466 e. The maximum Gasteiger partial charge on any atom is 0.330 e. The molecular formula is C8H13NO5. The predicted octanol–water partition coefficient (Wildman–Crippen LogP) is 0.944. The number of esters is 1. The number of nitrogens with zero attached hydrogens (tertiary/aromatic N) is 1. The van der Waals surface area contributed by atoms with E-state index in [-0.39, 0.29) is 0 Å². The minimum atomic E-state index is -1.12. The quantitative estimate of drug-likeness (QED) is 0.180. The molecule has 1 N–H and O–H groups in total. The number of hydrogen-bond donors (Lipinski definition) is 1. The second-order valence-electron chi connectivity index (χ2n) is 2.50. The molecule has 0 bridgehead atoms. The fourth-order valence-corrected chi connectivity index (χ4v) is 0.472. The van der Waals surface area contributed by atoms with Crippen LogP contribution in [0.15, 0.2) is 17.3 Å². The lowest BCUT2D eigenvalue weighted by atomic mass is 10.5. The van der Waals surface area contributed by atoms with E-state index in [9.17, 15) is 4.79 Å². The van der Waals surface area contributed by atoms with Crippen molar-refractivity contribution in [2.75, 3.05) is 7.11 Å². The van der Waals surface area contributed by atoms with E-state index in [2.05, 4.69) is 19.6 Å². The molecule has 0 aliphatic heterocycles. The molecule has 0 aromatic heterocycles. The molecule has 0 saturated heterocycles. The van der Waals surface area contributed by atoms with Crippen molar-refractivity contribution in [1.29, 1.82) is 0 Å². The lowest BCUT2D eigenvalue weighted by Crippen LogP contribution is -2.10. The Kier molecular flexibility index (Phi) is 6.34. The first-order valence-corrected chi connectivity index (χ1v) is 3.83. The van der Waals surface area contributed by atoms with Gasteiger partial charge in [-0.05, 0) is 19.9 Å². The van der Waals surface area contributed by atoms with E-state index in [1.807, 2.05) is 0 Å². The van der Waals surface area contributed by atoms with Gasteiger partial charge in [-0.3, -0.25) is 0 Å². The maximum atomic E-state index is 10.6. The van der Waals surface area contributed by atoms with Gasteiger partial charge in [0.05, 0.1) is 12.8 Å². The molecule has 0 fully saturated rings. The summed E-state index contributed by atoms with van der Waals surface area (Å²) in [7, 11) is 1.23. The highest BCUT2D eigenvalue weighted by Crippen LogP contribution is 1.97. The fraction of sp³-hybridized carbons (Fsp3) is 0.500. The van der Waals surface area contributed by atoms with Crippen molar-refractivity contribution in [3.63, 3.8) is 0 Å². The molecule has 0 radical (unpaired) electrons. The molecule has 80 valence electrons. The number of oxime groups is 1. The summed E-state index contributed by atoms with van der Waals surface area (Å²) in [5, 5.41) is 11.9. The van der Waals surface area contributed by atoms with Gasteiger partial charge in [0.2, 0.25) is 0 Å². The second kappa shape index (κ2) is 7.05. The number of methoxy groups -OCH3 is 1. The van der Waals surface area contributed by atoms with Gasteiger partial charge in [-0.15, -0.1) is 0 Å². The second-order valence-corrected chi connectivity index (χ2v) is 2.50. The van der Waals surface area contributed by atoms with Crippen LogP contribution in [0.2, 0.25) is 0 Å². The Morgan fingerprint density at radius 1 is 1.50 bits per heavy atom. The largest absolute Gasteiger partial charge is 0.466 e. The van der Waals surface area contributed by atoms with Crippen LogP contribution in [0.1, 0.15) is 13.8 Å². The van der Waals surface area contributed by atoms with Gasteiger partial charge < -0.3 is 9.57 Å². The average molecular weight is 203 g/mol. The Morgan fingerprint density at radius 2 is 2.14 bits per heavy atom. The molecule has 0 heterocycles. The topological polar surface area (TPSA) is 77.4 Å². The summed E-state index contributed by atoms with van der Waals surface area (Å²) in [5.74, 6) is -0.576. The van der Waals surface area contributed by atoms with Crippen LogP contribution in [0.4, 0.5) is 0 Å². The van der Waals surface area contributed by atoms with Crippen LogP contribution in [0.5, 0.6) is 0 Å². The molecule has 0 saturated carbocycles. The SMILES string of the molecule is COC(=O)/C=C\C(OO)ON=C(C)C. The van der Waals surface area contributed by atoms with E-state index in [4.69, 9.17) is 5.26 Å². The van der Waals surface area contributed by atoms with E-state index >= 15 is 0 Å². The van der Waals surface area contributed by atoms with Crippen molar-refractivity contribution < 1.29 is 24.5 Å². The molecule has 0 spiro atoms. The summed E-state index contributed by atoms with van der Waals surface area (Å²) >= 11 is 0. The predicted molar refractivity (Wildman–Crippen MR) is 48.5 cm³/mol. The molecule has 1 atom stereocenters. The molecule has 0 aromatic carbocycles. The average Bonchev–Trinajstić information content (AvgIpc) is 2.17. The van der Waals surface area contributed by atoms with Gasteiger partial charge in [0.15, 0.2) is 0 Å². The van der Waals surface area contributed by atoms with Crippen molar-refractivity contribution in [1.82, 2.24) is 0 Å². The molecule has 0 aliphatic rings. The Hall–Kier alpha value is -1.40. The van der Waals surface area contributed by atoms with Gasteiger partial charge in [-0.25, -0.2) is 10.1 Å². The zero-order valence-corrected chi connectivity index (χ0v) is 8.26. The molecule has 6 nitrogen and oxygen atoms in total. The van der Waals surface area contributed by atoms with Crippen molar-refractivity contribution in [2.45, 2.75) is 20.1 Å². The monoisotopic (exact) mass is 203 g/mol. The van der Waals surface area contributed by atoms with Crippen LogP contribution in [0.25, 0.3) is 0 Å². The van der Waals surface area contributed by atoms with Crippen LogP contribution >= 0.6 is 0 Å². The van der Waals surface area contributed by atoms with E-state index in [0.717, 1.165) is 12.2 Å². The van der Waals surface area contributed by atoms with Crippen LogP contribution in [-0.4, -0.2) is 30.3 Å². The number of carbonyl (C=O) groups excluding carboxylic acids is 1. The van der Waals surface area contributed by atoms with Gasteiger partial charge >= 0.3 is 5.97 Å². The molecule has 0 amide bonds. The molecule has 6 heteroatoms. The molecule has 14 heavy (non-hydrogen) atoms. The molecule has 0 rings (SSSR count). The highest BCUT2D eigenvalue weighted by Gasteiger charge is 2.05. The third-order valence-electron chi connectivity index (χ3n) is 1.03. The van der Waals surface area contributed by atoms with Gasteiger partial charge in [0, 0.05) is 6.08 Å². The Balaban J connectivity index is 4.09. The number of hydrogen-bond acceptors (Lipinski definition) is 6. The molecule has 1 unspecified atom stereocenters. The van der Waals surface area contributed by atoms with Crippen LogP contribution in [0, 0.1) is 0 Å². The van der Waals surface area contributed by atoms with Crippen LogP contribution in [-0.2, 0) is 19.3 Å². The Morgan fingerprint density at radius 3 is 2.57 bits per heavy atom.